The van der Waals surface area contributed by atoms with E-state index in [0.29, 0.717) is 16.8 Å². The molecule has 6 rings (SSSR count). The molecule has 1 amide bonds. The monoisotopic (exact) mass is 574 g/mol. The molecule has 1 fully saturated rings. The first-order valence-corrected chi connectivity index (χ1v) is 13.1. The molecule has 0 radical (unpaired) electrons. The van der Waals surface area contributed by atoms with Gasteiger partial charge in [0, 0.05) is 52.7 Å². The maximum Gasteiger partial charge on any atom is 0.311 e. The molecule has 2 aliphatic carbocycles. The molecule has 9 heteroatoms. The first-order chi connectivity index (χ1) is 18.2. The van der Waals surface area contributed by atoms with Crippen molar-refractivity contribution in [1.29, 1.82) is 0 Å². The Morgan fingerprint density at radius 2 is 1.79 bits per heavy atom. The van der Waals surface area contributed by atoms with Crippen LogP contribution in [0.2, 0.25) is 0 Å². The summed E-state index contributed by atoms with van der Waals surface area (Å²) in [7, 11) is 1.68. The van der Waals surface area contributed by atoms with E-state index in [1.807, 2.05) is 48.5 Å². The number of benzene rings is 3. The summed E-state index contributed by atoms with van der Waals surface area (Å²) in [4.78, 5) is 55.1. The Morgan fingerprint density at radius 3 is 2.47 bits per heavy atom. The number of nitro benzene ring substituents is 1. The van der Waals surface area contributed by atoms with Gasteiger partial charge >= 0.3 is 5.97 Å². The highest BCUT2D eigenvalue weighted by Gasteiger charge is 2.74. The Labute approximate surface area is 226 Å². The number of non-ortho nitro benzene ring substituents is 1. The SMILES string of the molecule is CCOC(=O)C1C2c3ccc([N+](=O)[O-])cc3C(=O)C2C(c2ccc(Br)cc2)C12C(=O)N(C)c1ccccc12. The highest BCUT2D eigenvalue weighted by molar-refractivity contribution is 9.10. The zero-order chi connectivity index (χ0) is 26.9. The van der Waals surface area contributed by atoms with Gasteiger partial charge in [0.05, 0.1) is 22.9 Å². The molecule has 1 saturated carbocycles. The first kappa shape index (κ1) is 24.5. The van der Waals surface area contributed by atoms with Crippen LogP contribution in [0.5, 0.6) is 0 Å². The maximum atomic E-state index is 14.5. The number of rotatable bonds is 4. The number of nitro groups is 1. The highest BCUT2D eigenvalue weighted by Crippen LogP contribution is 2.70. The number of halogens is 1. The van der Waals surface area contributed by atoms with Crippen molar-refractivity contribution in [2.24, 2.45) is 11.8 Å². The number of Topliss-reactive ketones (excluding diaryl/α,β-unsaturated/α-hetero) is 1. The van der Waals surface area contributed by atoms with Crippen molar-refractivity contribution in [3.8, 4) is 0 Å². The van der Waals surface area contributed by atoms with Gasteiger partial charge in [-0.15, -0.1) is 0 Å². The number of hydrogen-bond donors (Lipinski definition) is 0. The number of hydrogen-bond acceptors (Lipinski definition) is 6. The molecule has 0 bridgehead atoms. The van der Waals surface area contributed by atoms with Gasteiger partial charge in [0.25, 0.3) is 5.69 Å². The molecule has 8 nitrogen and oxygen atoms in total. The molecular formula is C29H23BrN2O6. The summed E-state index contributed by atoms with van der Waals surface area (Å²) in [6.07, 6.45) is 0. The van der Waals surface area contributed by atoms with Crippen LogP contribution in [0, 0.1) is 22.0 Å². The van der Waals surface area contributed by atoms with E-state index in [4.69, 9.17) is 4.74 Å². The van der Waals surface area contributed by atoms with Gasteiger partial charge in [0.15, 0.2) is 5.78 Å². The molecule has 1 spiro atoms. The van der Waals surface area contributed by atoms with Crippen LogP contribution >= 0.6 is 15.9 Å². The molecule has 3 aromatic rings. The lowest BCUT2D eigenvalue weighted by Crippen LogP contribution is -2.49. The summed E-state index contributed by atoms with van der Waals surface area (Å²) in [5.41, 5.74) is 1.30. The minimum absolute atomic E-state index is 0.110. The number of esters is 1. The Morgan fingerprint density at radius 1 is 1.08 bits per heavy atom. The van der Waals surface area contributed by atoms with Crippen molar-refractivity contribution < 1.29 is 24.0 Å². The zero-order valence-electron chi connectivity index (χ0n) is 20.6. The van der Waals surface area contributed by atoms with E-state index in [-0.39, 0.29) is 29.5 Å². The van der Waals surface area contributed by atoms with E-state index in [1.165, 1.54) is 12.1 Å². The fourth-order valence-electron chi connectivity index (χ4n) is 7.13. The first-order valence-electron chi connectivity index (χ1n) is 12.4. The standard InChI is InChI=1S/C29H23BrN2O6/c1-3-38-27(34)25-22-18-13-12-17(32(36)37)14-19(18)26(33)23(22)24(15-8-10-16(30)11-9-15)29(25)20-6-4-5-7-21(20)31(2)28(29)35/h4-14,22-25H,3H2,1-2H3. The molecule has 0 N–H and O–H groups in total. The highest BCUT2D eigenvalue weighted by atomic mass is 79.9. The molecule has 5 atom stereocenters. The van der Waals surface area contributed by atoms with Gasteiger partial charge in [-0.1, -0.05) is 52.3 Å². The third kappa shape index (κ3) is 3.05. The number of likely N-dealkylation sites (N-methyl/N-ethyl adjacent to an activating group) is 1. The van der Waals surface area contributed by atoms with Crippen molar-refractivity contribution in [3.05, 3.63) is 104 Å². The van der Waals surface area contributed by atoms with Gasteiger partial charge in [-0.05, 0) is 41.8 Å². The molecule has 192 valence electrons. The van der Waals surface area contributed by atoms with Crippen LogP contribution in [0.15, 0.2) is 71.2 Å². The second-order valence-electron chi connectivity index (χ2n) is 9.95. The summed E-state index contributed by atoms with van der Waals surface area (Å²) in [5, 5.41) is 11.5. The van der Waals surface area contributed by atoms with Crippen LogP contribution in [-0.2, 0) is 19.7 Å². The van der Waals surface area contributed by atoms with Crippen LogP contribution in [0.1, 0.15) is 45.8 Å². The number of nitrogens with zero attached hydrogens (tertiary/aromatic N) is 2. The average Bonchev–Trinajstić information content (AvgIpc) is 3.46. The second-order valence-corrected chi connectivity index (χ2v) is 10.9. The van der Waals surface area contributed by atoms with E-state index in [1.54, 1.807) is 24.9 Å². The summed E-state index contributed by atoms with van der Waals surface area (Å²) in [6.45, 7) is 1.81. The quantitative estimate of drug-likeness (QED) is 0.242. The predicted molar refractivity (Wildman–Crippen MR) is 142 cm³/mol. The lowest BCUT2D eigenvalue weighted by molar-refractivity contribution is -0.384. The van der Waals surface area contributed by atoms with Gasteiger partial charge in [-0.3, -0.25) is 24.5 Å². The molecule has 1 aliphatic heterocycles. The molecular weight excluding hydrogens is 552 g/mol. The van der Waals surface area contributed by atoms with Crippen LogP contribution in [0.4, 0.5) is 11.4 Å². The normalized spacial score (nSPS) is 26.9. The molecule has 5 unspecified atom stereocenters. The summed E-state index contributed by atoms with van der Waals surface area (Å²) in [5.74, 6) is -4.30. The molecule has 3 aromatic carbocycles. The number of amides is 1. The Balaban J connectivity index is 1.70. The average molecular weight is 575 g/mol. The van der Waals surface area contributed by atoms with Crippen LogP contribution < -0.4 is 4.90 Å². The number of carbonyl (C=O) groups is 3. The summed E-state index contributed by atoms with van der Waals surface area (Å²) >= 11 is 3.46. The lowest BCUT2D eigenvalue weighted by Gasteiger charge is -2.36. The Kier molecular flexibility index (Phi) is 5.54. The summed E-state index contributed by atoms with van der Waals surface area (Å²) in [6, 6.07) is 19.0. The number of carbonyl (C=O) groups excluding carboxylic acids is 3. The van der Waals surface area contributed by atoms with Crippen LogP contribution in [0.25, 0.3) is 0 Å². The van der Waals surface area contributed by atoms with Crippen molar-refractivity contribution in [2.45, 2.75) is 24.2 Å². The fourth-order valence-corrected chi connectivity index (χ4v) is 7.39. The number of ketones is 1. The van der Waals surface area contributed by atoms with E-state index >= 15 is 0 Å². The number of ether oxygens (including phenoxy) is 1. The number of fused-ring (bicyclic) bond motifs is 5. The largest absolute Gasteiger partial charge is 0.466 e. The smallest absolute Gasteiger partial charge is 0.311 e. The second kappa shape index (κ2) is 8.59. The van der Waals surface area contributed by atoms with Crippen molar-refractivity contribution in [3.63, 3.8) is 0 Å². The molecule has 0 saturated heterocycles. The van der Waals surface area contributed by atoms with Crippen molar-refractivity contribution in [2.75, 3.05) is 18.6 Å². The van der Waals surface area contributed by atoms with Crippen LogP contribution in [0.3, 0.4) is 0 Å². The summed E-state index contributed by atoms with van der Waals surface area (Å²) < 4.78 is 6.43. The molecule has 1 heterocycles. The Hall–Kier alpha value is -3.85. The minimum atomic E-state index is -1.39. The van der Waals surface area contributed by atoms with Gasteiger partial charge in [0.1, 0.15) is 0 Å². The molecule has 38 heavy (non-hydrogen) atoms. The van der Waals surface area contributed by atoms with E-state index in [2.05, 4.69) is 15.9 Å². The van der Waals surface area contributed by atoms with Crippen molar-refractivity contribution in [1.82, 2.24) is 0 Å². The van der Waals surface area contributed by atoms with Gasteiger partial charge < -0.3 is 9.64 Å². The van der Waals surface area contributed by atoms with Crippen molar-refractivity contribution >= 4 is 45.0 Å². The van der Waals surface area contributed by atoms with Gasteiger partial charge in [0.2, 0.25) is 5.91 Å². The third-order valence-electron chi connectivity index (χ3n) is 8.40. The van der Waals surface area contributed by atoms with E-state index in [9.17, 15) is 24.5 Å². The topological polar surface area (TPSA) is 107 Å². The van der Waals surface area contributed by atoms with Crippen LogP contribution in [-0.4, -0.2) is 36.2 Å². The predicted octanol–water partition coefficient (Wildman–Crippen LogP) is 5.14. The number of para-hydroxylation sites is 1. The zero-order valence-corrected chi connectivity index (χ0v) is 22.2. The molecule has 0 aromatic heterocycles. The molecule has 3 aliphatic rings. The van der Waals surface area contributed by atoms with E-state index < -0.39 is 40.0 Å². The maximum absolute atomic E-state index is 14.5. The van der Waals surface area contributed by atoms with Gasteiger partial charge in [-0.2, -0.15) is 0 Å². The van der Waals surface area contributed by atoms with E-state index in [0.717, 1.165) is 10.0 Å². The third-order valence-corrected chi connectivity index (χ3v) is 8.93. The fraction of sp³-hybridized carbons (Fsp3) is 0.276. The number of anilines is 1. The Bertz CT molecular complexity index is 1540. The lowest BCUT2D eigenvalue weighted by atomic mass is 9.63. The van der Waals surface area contributed by atoms with Gasteiger partial charge in [-0.25, -0.2) is 0 Å². The minimum Gasteiger partial charge on any atom is -0.466 e.